The SMILES string of the molecule is COc1ccc(C(=O)N(C)C(CCNC(=O)c2ccccn2)Cc2ccccc2)cc1OC. The lowest BCUT2D eigenvalue weighted by Gasteiger charge is -2.29. The summed E-state index contributed by atoms with van der Waals surface area (Å²) in [7, 11) is 4.88. The molecule has 3 rings (SSSR count). The van der Waals surface area contributed by atoms with Gasteiger partial charge in [0, 0.05) is 31.4 Å². The number of pyridine rings is 1. The Labute approximate surface area is 194 Å². The molecule has 2 aromatic carbocycles. The Balaban J connectivity index is 1.73. The van der Waals surface area contributed by atoms with E-state index in [-0.39, 0.29) is 17.9 Å². The first-order chi connectivity index (χ1) is 16.0. The van der Waals surface area contributed by atoms with Crippen molar-refractivity contribution in [1.29, 1.82) is 0 Å². The number of likely N-dealkylation sites (N-methyl/N-ethyl adjacent to an activating group) is 1. The molecule has 1 heterocycles. The number of rotatable bonds is 10. The minimum atomic E-state index is -0.233. The molecular formula is C26H29N3O4. The molecule has 3 aromatic rings. The van der Waals surface area contributed by atoms with Gasteiger partial charge in [-0.3, -0.25) is 14.6 Å². The third-order valence-electron chi connectivity index (χ3n) is 5.47. The van der Waals surface area contributed by atoms with Crippen molar-refractivity contribution in [2.24, 2.45) is 0 Å². The van der Waals surface area contributed by atoms with Gasteiger partial charge in [-0.2, -0.15) is 0 Å². The molecule has 1 N–H and O–H groups in total. The van der Waals surface area contributed by atoms with Crippen LogP contribution in [0.1, 0.15) is 32.8 Å². The highest BCUT2D eigenvalue weighted by atomic mass is 16.5. The van der Waals surface area contributed by atoms with Crippen molar-refractivity contribution in [3.05, 3.63) is 89.7 Å². The van der Waals surface area contributed by atoms with Crippen LogP contribution in [-0.2, 0) is 6.42 Å². The van der Waals surface area contributed by atoms with Crippen LogP contribution in [0.25, 0.3) is 0 Å². The molecule has 0 aliphatic carbocycles. The highest BCUT2D eigenvalue weighted by Crippen LogP contribution is 2.28. The summed E-state index contributed by atoms with van der Waals surface area (Å²) in [5.41, 5.74) is 1.99. The second-order valence-corrected chi connectivity index (χ2v) is 7.59. The smallest absolute Gasteiger partial charge is 0.269 e. The molecular weight excluding hydrogens is 418 g/mol. The number of hydrogen-bond acceptors (Lipinski definition) is 5. The highest BCUT2D eigenvalue weighted by Gasteiger charge is 2.23. The maximum absolute atomic E-state index is 13.3. The molecule has 2 amide bonds. The molecule has 0 aliphatic rings. The van der Waals surface area contributed by atoms with Crippen molar-refractivity contribution in [3.63, 3.8) is 0 Å². The fourth-order valence-corrected chi connectivity index (χ4v) is 3.60. The van der Waals surface area contributed by atoms with Crippen LogP contribution in [0.2, 0.25) is 0 Å². The third kappa shape index (κ3) is 6.32. The molecule has 0 aliphatic heterocycles. The molecule has 1 atom stereocenters. The maximum Gasteiger partial charge on any atom is 0.269 e. The van der Waals surface area contributed by atoms with E-state index in [1.165, 1.54) is 7.11 Å². The average Bonchev–Trinajstić information content (AvgIpc) is 2.87. The van der Waals surface area contributed by atoms with Crippen LogP contribution in [0.4, 0.5) is 0 Å². The van der Waals surface area contributed by atoms with E-state index in [0.29, 0.717) is 42.1 Å². The molecule has 33 heavy (non-hydrogen) atoms. The van der Waals surface area contributed by atoms with Crippen molar-refractivity contribution < 1.29 is 19.1 Å². The Bertz CT molecular complexity index is 1060. The van der Waals surface area contributed by atoms with Crippen LogP contribution in [0.5, 0.6) is 11.5 Å². The summed E-state index contributed by atoms with van der Waals surface area (Å²) >= 11 is 0. The number of amides is 2. The van der Waals surface area contributed by atoms with E-state index in [9.17, 15) is 9.59 Å². The van der Waals surface area contributed by atoms with Gasteiger partial charge in [-0.05, 0) is 48.7 Å². The number of benzene rings is 2. The maximum atomic E-state index is 13.3. The van der Waals surface area contributed by atoms with Crippen LogP contribution >= 0.6 is 0 Å². The molecule has 0 saturated heterocycles. The van der Waals surface area contributed by atoms with Gasteiger partial charge in [-0.1, -0.05) is 36.4 Å². The van der Waals surface area contributed by atoms with Crippen molar-refractivity contribution >= 4 is 11.8 Å². The van der Waals surface area contributed by atoms with E-state index < -0.39 is 0 Å². The number of carbonyl (C=O) groups is 2. The van der Waals surface area contributed by atoms with Gasteiger partial charge in [0.25, 0.3) is 11.8 Å². The van der Waals surface area contributed by atoms with Gasteiger partial charge in [-0.15, -0.1) is 0 Å². The molecule has 1 unspecified atom stereocenters. The predicted molar refractivity (Wildman–Crippen MR) is 127 cm³/mol. The third-order valence-corrected chi connectivity index (χ3v) is 5.47. The summed E-state index contributed by atoms with van der Waals surface area (Å²) in [5, 5.41) is 2.91. The van der Waals surface area contributed by atoms with E-state index in [1.54, 1.807) is 61.7 Å². The van der Waals surface area contributed by atoms with Gasteiger partial charge in [0.2, 0.25) is 0 Å². The summed E-state index contributed by atoms with van der Waals surface area (Å²) in [6.07, 6.45) is 2.83. The van der Waals surface area contributed by atoms with Crippen LogP contribution in [0.3, 0.4) is 0 Å². The number of aromatic nitrogens is 1. The molecule has 7 heteroatoms. The Morgan fingerprint density at radius 2 is 1.70 bits per heavy atom. The van der Waals surface area contributed by atoms with Gasteiger partial charge in [-0.25, -0.2) is 0 Å². The van der Waals surface area contributed by atoms with Crippen molar-refractivity contribution in [2.45, 2.75) is 18.9 Å². The quantitative estimate of drug-likeness (QED) is 0.514. The molecule has 7 nitrogen and oxygen atoms in total. The second kappa shape index (κ2) is 11.7. The number of nitrogens with zero attached hydrogens (tertiary/aromatic N) is 2. The fraction of sp³-hybridized carbons (Fsp3) is 0.269. The van der Waals surface area contributed by atoms with Gasteiger partial charge >= 0.3 is 0 Å². The summed E-state index contributed by atoms with van der Waals surface area (Å²) in [6.45, 7) is 0.413. The largest absolute Gasteiger partial charge is 0.493 e. The first-order valence-electron chi connectivity index (χ1n) is 10.8. The van der Waals surface area contributed by atoms with Gasteiger partial charge in [0.1, 0.15) is 5.69 Å². The van der Waals surface area contributed by atoms with Gasteiger partial charge in [0.05, 0.1) is 14.2 Å². The van der Waals surface area contributed by atoms with E-state index in [2.05, 4.69) is 10.3 Å². The lowest BCUT2D eigenvalue weighted by molar-refractivity contribution is 0.0722. The number of methoxy groups -OCH3 is 2. The molecule has 0 saturated carbocycles. The standard InChI is InChI=1S/C26H29N3O4/c1-29(26(31)20-12-13-23(32-2)24(18-20)33-3)21(17-19-9-5-4-6-10-19)14-16-28-25(30)22-11-7-8-15-27-22/h4-13,15,18,21H,14,16-17H2,1-3H3,(H,28,30). The van der Waals surface area contributed by atoms with Crippen LogP contribution in [0.15, 0.2) is 72.9 Å². The zero-order valence-corrected chi connectivity index (χ0v) is 19.2. The average molecular weight is 448 g/mol. The molecule has 0 fully saturated rings. The van der Waals surface area contributed by atoms with E-state index in [1.807, 2.05) is 30.3 Å². The van der Waals surface area contributed by atoms with Gasteiger partial charge in [0.15, 0.2) is 11.5 Å². The van der Waals surface area contributed by atoms with Crippen molar-refractivity contribution in [2.75, 3.05) is 27.8 Å². The van der Waals surface area contributed by atoms with E-state index in [0.717, 1.165) is 5.56 Å². The molecule has 0 spiro atoms. The molecule has 1 aromatic heterocycles. The minimum Gasteiger partial charge on any atom is -0.493 e. The van der Waals surface area contributed by atoms with Crippen LogP contribution < -0.4 is 14.8 Å². The van der Waals surface area contributed by atoms with E-state index >= 15 is 0 Å². The second-order valence-electron chi connectivity index (χ2n) is 7.59. The summed E-state index contributed by atoms with van der Waals surface area (Å²) < 4.78 is 10.6. The monoisotopic (exact) mass is 447 g/mol. The summed E-state index contributed by atoms with van der Waals surface area (Å²) in [4.78, 5) is 31.5. The Kier molecular flexibility index (Phi) is 8.41. The van der Waals surface area contributed by atoms with Crippen molar-refractivity contribution in [1.82, 2.24) is 15.2 Å². The first kappa shape index (κ1) is 23.8. The van der Waals surface area contributed by atoms with E-state index in [4.69, 9.17) is 9.47 Å². The van der Waals surface area contributed by atoms with Crippen LogP contribution in [0, 0.1) is 0 Å². The number of carbonyl (C=O) groups excluding carboxylic acids is 2. The summed E-state index contributed by atoms with van der Waals surface area (Å²) in [6, 6.07) is 20.2. The highest BCUT2D eigenvalue weighted by molar-refractivity contribution is 5.95. The predicted octanol–water partition coefficient (Wildman–Crippen LogP) is 3.60. The Morgan fingerprint density at radius 1 is 0.970 bits per heavy atom. The van der Waals surface area contributed by atoms with Crippen LogP contribution in [-0.4, -0.2) is 55.6 Å². The number of hydrogen-bond donors (Lipinski definition) is 1. The zero-order valence-electron chi connectivity index (χ0n) is 19.2. The normalized spacial score (nSPS) is 11.4. The number of ether oxygens (including phenoxy) is 2. The fourth-order valence-electron chi connectivity index (χ4n) is 3.60. The minimum absolute atomic E-state index is 0.128. The Hall–Kier alpha value is -3.87. The van der Waals surface area contributed by atoms with Crippen molar-refractivity contribution in [3.8, 4) is 11.5 Å². The molecule has 172 valence electrons. The zero-order chi connectivity index (χ0) is 23.6. The molecule has 0 radical (unpaired) electrons. The summed E-state index contributed by atoms with van der Waals surface area (Å²) in [5.74, 6) is 0.699. The molecule has 0 bridgehead atoms. The van der Waals surface area contributed by atoms with Gasteiger partial charge < -0.3 is 19.7 Å². The topological polar surface area (TPSA) is 80.8 Å². The Morgan fingerprint density at radius 3 is 2.36 bits per heavy atom. The lowest BCUT2D eigenvalue weighted by Crippen LogP contribution is -2.41. The lowest BCUT2D eigenvalue weighted by atomic mass is 10.0. The first-order valence-corrected chi connectivity index (χ1v) is 10.8. The number of nitrogens with one attached hydrogen (secondary N) is 1.